The smallest absolute Gasteiger partial charge is 0.475 e. The van der Waals surface area contributed by atoms with E-state index in [1.54, 1.807) is 6.20 Å². The lowest BCUT2D eigenvalue weighted by atomic mass is 10.1. The number of aromatic amines is 1. The lowest BCUT2D eigenvalue weighted by Gasteiger charge is -2.10. The van der Waals surface area contributed by atoms with Gasteiger partial charge in [0.25, 0.3) is 5.91 Å². The molecule has 1 aliphatic rings. The summed E-state index contributed by atoms with van der Waals surface area (Å²) in [6.45, 7) is 0.683. The van der Waals surface area contributed by atoms with E-state index in [9.17, 15) is 18.0 Å². The summed E-state index contributed by atoms with van der Waals surface area (Å²) >= 11 is 3.54. The zero-order valence-electron chi connectivity index (χ0n) is 16.4. The van der Waals surface area contributed by atoms with Gasteiger partial charge in [-0.05, 0) is 35.9 Å². The van der Waals surface area contributed by atoms with Gasteiger partial charge in [-0.3, -0.25) is 9.78 Å². The Balaban J connectivity index is 0.000000360. The zero-order valence-corrected chi connectivity index (χ0v) is 18.0. The lowest BCUT2D eigenvalue weighted by molar-refractivity contribution is -0.192. The highest BCUT2D eigenvalue weighted by Crippen LogP contribution is 2.25. The average Bonchev–Trinajstić information content (AvgIpc) is 3.19. The first-order valence-corrected chi connectivity index (χ1v) is 10.1. The highest BCUT2D eigenvalue weighted by atomic mass is 79.9. The fourth-order valence-corrected chi connectivity index (χ4v) is 3.36. The van der Waals surface area contributed by atoms with E-state index in [0.717, 1.165) is 44.7 Å². The summed E-state index contributed by atoms with van der Waals surface area (Å²) in [6.07, 6.45) is 1.55. The van der Waals surface area contributed by atoms with Gasteiger partial charge in [-0.25, -0.2) is 4.79 Å². The van der Waals surface area contributed by atoms with E-state index < -0.39 is 12.1 Å². The van der Waals surface area contributed by atoms with Crippen LogP contribution in [0, 0.1) is 0 Å². The summed E-state index contributed by atoms with van der Waals surface area (Å²) in [6, 6.07) is 13.9. The Kier molecular flexibility index (Phi) is 7.14. The molecule has 0 radical (unpaired) electrons. The largest absolute Gasteiger partial charge is 0.490 e. The highest BCUT2D eigenvalue weighted by Gasteiger charge is 2.38. The van der Waals surface area contributed by atoms with Crippen molar-refractivity contribution in [2.24, 2.45) is 0 Å². The molecule has 6 nitrogen and oxygen atoms in total. The normalized spacial score (nSPS) is 13.2. The molecular weight excluding hydrogens is 491 g/mol. The standard InChI is InChI=1S/C20H16BrN3O.C2HF3O2/c21-17-4-2-1-3-13(17)5-6-15-11-14(7-9-22-15)19-12-16-18(24-19)8-10-23-20(16)25;3-2(4,5)1(6)7/h1-7,9,11-12,24H,8,10H2,(H,23,25);(H,6,7). The Bertz CT molecular complexity index is 1170. The predicted molar refractivity (Wildman–Crippen MR) is 117 cm³/mol. The minimum atomic E-state index is -5.08. The third kappa shape index (κ3) is 5.85. The molecule has 10 heteroatoms. The van der Waals surface area contributed by atoms with Crippen LogP contribution in [0.3, 0.4) is 0 Å². The summed E-state index contributed by atoms with van der Waals surface area (Å²) in [5, 5.41) is 10.00. The Hall–Kier alpha value is -3.40. The molecule has 3 N–H and O–H groups in total. The number of fused-ring (bicyclic) bond motifs is 1. The van der Waals surface area contributed by atoms with Gasteiger partial charge in [0, 0.05) is 40.6 Å². The number of aromatic nitrogens is 2. The molecule has 4 rings (SSSR count). The predicted octanol–water partition coefficient (Wildman–Crippen LogP) is 4.93. The van der Waals surface area contributed by atoms with E-state index in [1.165, 1.54) is 0 Å². The SMILES string of the molecule is O=C(O)C(F)(F)F.O=C1NCCc2[nH]c(-c3ccnc(C=Cc4ccccc4Br)c3)cc21. The molecule has 3 aromatic rings. The minimum absolute atomic E-state index is 0.00754. The molecule has 0 saturated heterocycles. The second kappa shape index (κ2) is 9.82. The van der Waals surface area contributed by atoms with Crippen molar-refractivity contribution < 1.29 is 27.9 Å². The number of aliphatic carboxylic acids is 1. The van der Waals surface area contributed by atoms with Gasteiger partial charge < -0.3 is 15.4 Å². The number of pyridine rings is 1. The van der Waals surface area contributed by atoms with E-state index in [1.807, 2.05) is 54.6 Å². The number of carbonyl (C=O) groups excluding carboxylic acids is 1. The van der Waals surface area contributed by atoms with Crippen LogP contribution in [-0.4, -0.2) is 39.7 Å². The van der Waals surface area contributed by atoms with Crippen LogP contribution in [0.5, 0.6) is 0 Å². The van der Waals surface area contributed by atoms with Gasteiger partial charge in [0.05, 0.1) is 11.3 Å². The molecule has 0 saturated carbocycles. The van der Waals surface area contributed by atoms with Crippen LogP contribution < -0.4 is 5.32 Å². The van der Waals surface area contributed by atoms with E-state index >= 15 is 0 Å². The van der Waals surface area contributed by atoms with Crippen molar-refractivity contribution >= 4 is 40.0 Å². The molecule has 32 heavy (non-hydrogen) atoms. The zero-order chi connectivity index (χ0) is 23.3. The lowest BCUT2D eigenvalue weighted by Crippen LogP contribution is -2.31. The number of nitrogens with zero attached hydrogens (tertiary/aromatic N) is 1. The molecule has 1 amide bonds. The number of H-pyrrole nitrogens is 1. The maximum absolute atomic E-state index is 11.9. The second-order valence-corrected chi connectivity index (χ2v) is 7.56. The van der Waals surface area contributed by atoms with Gasteiger partial charge >= 0.3 is 12.1 Å². The van der Waals surface area contributed by atoms with Crippen LogP contribution in [0.4, 0.5) is 13.2 Å². The molecule has 3 heterocycles. The number of benzene rings is 1. The molecular formula is C22H17BrF3N3O3. The van der Waals surface area contributed by atoms with Crippen molar-refractivity contribution in [1.82, 2.24) is 15.3 Å². The average molecular weight is 508 g/mol. The van der Waals surface area contributed by atoms with Gasteiger partial charge in [-0.2, -0.15) is 13.2 Å². The van der Waals surface area contributed by atoms with Crippen molar-refractivity contribution in [3.05, 3.63) is 75.6 Å². The van der Waals surface area contributed by atoms with E-state index in [-0.39, 0.29) is 5.91 Å². The molecule has 166 valence electrons. The van der Waals surface area contributed by atoms with Crippen molar-refractivity contribution in [3.8, 4) is 11.3 Å². The van der Waals surface area contributed by atoms with Crippen LogP contribution in [-0.2, 0) is 11.2 Å². The summed E-state index contributed by atoms with van der Waals surface area (Å²) < 4.78 is 32.8. The van der Waals surface area contributed by atoms with E-state index in [4.69, 9.17) is 9.90 Å². The van der Waals surface area contributed by atoms with Gasteiger partial charge in [-0.15, -0.1) is 0 Å². The maximum atomic E-state index is 11.9. The molecule has 2 aromatic heterocycles. The first kappa shape index (κ1) is 23.3. The van der Waals surface area contributed by atoms with E-state index in [0.29, 0.717) is 6.54 Å². The van der Waals surface area contributed by atoms with Crippen LogP contribution in [0.25, 0.3) is 23.4 Å². The Morgan fingerprint density at radius 2 is 1.88 bits per heavy atom. The summed E-state index contributed by atoms with van der Waals surface area (Å²) in [5.74, 6) is -2.76. The van der Waals surface area contributed by atoms with Crippen LogP contribution in [0.1, 0.15) is 27.3 Å². The Morgan fingerprint density at radius 1 is 1.16 bits per heavy atom. The van der Waals surface area contributed by atoms with Gasteiger partial charge in [0.2, 0.25) is 0 Å². The number of amides is 1. The van der Waals surface area contributed by atoms with Gasteiger partial charge in [-0.1, -0.05) is 40.2 Å². The number of halogens is 4. The number of hydrogen-bond donors (Lipinski definition) is 3. The summed E-state index contributed by atoms with van der Waals surface area (Å²) in [7, 11) is 0. The fourth-order valence-electron chi connectivity index (χ4n) is 2.94. The number of alkyl halides is 3. The third-order valence-electron chi connectivity index (χ3n) is 4.48. The molecule has 0 aliphatic carbocycles. The second-order valence-electron chi connectivity index (χ2n) is 6.71. The molecule has 0 unspecified atom stereocenters. The Morgan fingerprint density at radius 3 is 2.53 bits per heavy atom. The molecule has 0 fully saturated rings. The molecule has 0 atom stereocenters. The molecule has 1 aromatic carbocycles. The molecule has 1 aliphatic heterocycles. The number of hydrogen-bond acceptors (Lipinski definition) is 3. The quantitative estimate of drug-likeness (QED) is 0.468. The maximum Gasteiger partial charge on any atom is 0.490 e. The first-order chi connectivity index (χ1) is 15.1. The van der Waals surface area contributed by atoms with Crippen molar-refractivity contribution in [1.29, 1.82) is 0 Å². The van der Waals surface area contributed by atoms with Crippen LogP contribution >= 0.6 is 15.9 Å². The highest BCUT2D eigenvalue weighted by molar-refractivity contribution is 9.10. The summed E-state index contributed by atoms with van der Waals surface area (Å²) in [5.41, 5.74) is 5.67. The molecule has 0 spiro atoms. The van der Waals surface area contributed by atoms with Crippen LogP contribution in [0.2, 0.25) is 0 Å². The minimum Gasteiger partial charge on any atom is -0.475 e. The van der Waals surface area contributed by atoms with Crippen molar-refractivity contribution in [3.63, 3.8) is 0 Å². The fraction of sp³-hybridized carbons (Fsp3) is 0.136. The first-order valence-electron chi connectivity index (χ1n) is 9.34. The van der Waals surface area contributed by atoms with E-state index in [2.05, 4.69) is 31.2 Å². The monoisotopic (exact) mass is 507 g/mol. The summed E-state index contributed by atoms with van der Waals surface area (Å²) in [4.78, 5) is 28.6. The van der Waals surface area contributed by atoms with Crippen molar-refractivity contribution in [2.45, 2.75) is 12.6 Å². The number of rotatable bonds is 3. The Labute approximate surface area is 189 Å². The third-order valence-corrected chi connectivity index (χ3v) is 5.20. The molecule has 0 bridgehead atoms. The number of carboxylic acid groups (broad SMARTS) is 1. The van der Waals surface area contributed by atoms with Crippen molar-refractivity contribution in [2.75, 3.05) is 6.54 Å². The topological polar surface area (TPSA) is 95.1 Å². The number of carbonyl (C=O) groups is 2. The van der Waals surface area contributed by atoms with Gasteiger partial charge in [0.1, 0.15) is 0 Å². The van der Waals surface area contributed by atoms with Gasteiger partial charge in [0.15, 0.2) is 0 Å². The number of nitrogens with one attached hydrogen (secondary N) is 2. The van der Waals surface area contributed by atoms with Crippen LogP contribution in [0.15, 0.2) is 53.1 Å². The number of carboxylic acids is 1.